The van der Waals surface area contributed by atoms with Gasteiger partial charge in [-0.3, -0.25) is 9.59 Å². The third kappa shape index (κ3) is 4.35. The second kappa shape index (κ2) is 6.52. The van der Waals surface area contributed by atoms with Crippen molar-refractivity contribution in [3.05, 3.63) is 35.9 Å². The lowest BCUT2D eigenvalue weighted by Gasteiger charge is -2.17. The number of hydrogen-bond donors (Lipinski definition) is 3. The van der Waals surface area contributed by atoms with E-state index < -0.39 is 12.1 Å². The summed E-state index contributed by atoms with van der Waals surface area (Å²) in [6.07, 6.45) is 2.52. The molecule has 1 unspecified atom stereocenters. The zero-order chi connectivity index (χ0) is 14.5. The van der Waals surface area contributed by atoms with Gasteiger partial charge in [-0.05, 0) is 31.7 Å². The molecule has 1 saturated carbocycles. The molecule has 1 aromatic carbocycles. The molecule has 0 heterocycles. The van der Waals surface area contributed by atoms with Crippen molar-refractivity contribution in [2.45, 2.75) is 44.3 Å². The number of carbonyl (C=O) groups is 2. The summed E-state index contributed by atoms with van der Waals surface area (Å²) in [5.74, 6) is -0.444. The topological polar surface area (TPSA) is 84.2 Å². The first-order chi connectivity index (χ1) is 9.56. The molecule has 2 atom stereocenters. The fourth-order valence-corrected chi connectivity index (χ4v) is 1.90. The highest BCUT2D eigenvalue weighted by molar-refractivity contribution is 5.89. The Labute approximate surface area is 118 Å². The van der Waals surface area contributed by atoms with Crippen LogP contribution in [0.15, 0.2) is 30.3 Å². The van der Waals surface area contributed by atoms with E-state index in [1.54, 1.807) is 6.92 Å². The fraction of sp³-hybridized carbons (Fsp3) is 0.467. The molecule has 2 rings (SSSR count). The minimum absolute atomic E-state index is 0.146. The molecule has 1 aliphatic carbocycles. The SMILES string of the molecule is CC(NC(=O)[C@@H](N)Cc1ccccc1)C(=O)NC1CC1. The van der Waals surface area contributed by atoms with Crippen molar-refractivity contribution in [2.75, 3.05) is 0 Å². The maximum atomic E-state index is 11.9. The first-order valence-corrected chi connectivity index (χ1v) is 6.96. The predicted octanol–water partition coefficient (Wildman–Crippen LogP) is 0.340. The van der Waals surface area contributed by atoms with E-state index in [9.17, 15) is 9.59 Å². The zero-order valence-electron chi connectivity index (χ0n) is 11.6. The van der Waals surface area contributed by atoms with Crippen molar-refractivity contribution in [1.82, 2.24) is 10.6 Å². The maximum absolute atomic E-state index is 11.9. The first kappa shape index (κ1) is 14.5. The van der Waals surface area contributed by atoms with Crippen molar-refractivity contribution >= 4 is 11.8 Å². The molecule has 108 valence electrons. The summed E-state index contributed by atoms with van der Waals surface area (Å²) in [5.41, 5.74) is 6.87. The average Bonchev–Trinajstić information content (AvgIpc) is 3.23. The van der Waals surface area contributed by atoms with Crippen molar-refractivity contribution in [1.29, 1.82) is 0 Å². The molecular formula is C15H21N3O2. The summed E-state index contributed by atoms with van der Waals surface area (Å²) in [4.78, 5) is 23.7. The van der Waals surface area contributed by atoms with Crippen LogP contribution in [0.4, 0.5) is 0 Å². The van der Waals surface area contributed by atoms with Gasteiger partial charge in [0.15, 0.2) is 0 Å². The first-order valence-electron chi connectivity index (χ1n) is 6.96. The summed E-state index contributed by atoms with van der Waals surface area (Å²) in [7, 11) is 0. The van der Waals surface area contributed by atoms with Gasteiger partial charge in [-0.15, -0.1) is 0 Å². The number of benzene rings is 1. The molecule has 0 aliphatic heterocycles. The van der Waals surface area contributed by atoms with Gasteiger partial charge < -0.3 is 16.4 Å². The van der Waals surface area contributed by atoms with E-state index in [0.717, 1.165) is 18.4 Å². The average molecular weight is 275 g/mol. The highest BCUT2D eigenvalue weighted by atomic mass is 16.2. The highest BCUT2D eigenvalue weighted by Crippen LogP contribution is 2.18. The Balaban J connectivity index is 1.79. The minimum Gasteiger partial charge on any atom is -0.352 e. The Bertz CT molecular complexity index is 471. The van der Waals surface area contributed by atoms with Gasteiger partial charge in [-0.2, -0.15) is 0 Å². The number of nitrogens with one attached hydrogen (secondary N) is 2. The van der Waals surface area contributed by atoms with Gasteiger partial charge in [-0.25, -0.2) is 0 Å². The summed E-state index contributed by atoms with van der Waals surface area (Å²) in [5, 5.41) is 5.51. The van der Waals surface area contributed by atoms with Crippen LogP contribution in [0.3, 0.4) is 0 Å². The summed E-state index contributed by atoms with van der Waals surface area (Å²) < 4.78 is 0. The lowest BCUT2D eigenvalue weighted by Crippen LogP contribution is -2.51. The van der Waals surface area contributed by atoms with Crippen LogP contribution in [0.25, 0.3) is 0 Å². The van der Waals surface area contributed by atoms with Gasteiger partial charge >= 0.3 is 0 Å². The van der Waals surface area contributed by atoms with Crippen molar-refractivity contribution in [2.24, 2.45) is 5.73 Å². The molecule has 0 bridgehead atoms. The molecule has 1 aromatic rings. The van der Waals surface area contributed by atoms with Gasteiger partial charge in [0.05, 0.1) is 6.04 Å². The van der Waals surface area contributed by atoms with Crippen LogP contribution in [0.5, 0.6) is 0 Å². The Morgan fingerprint density at radius 3 is 2.50 bits per heavy atom. The van der Waals surface area contributed by atoms with Gasteiger partial charge in [0.1, 0.15) is 6.04 Å². The molecule has 20 heavy (non-hydrogen) atoms. The van der Waals surface area contributed by atoms with Crippen LogP contribution >= 0.6 is 0 Å². The van der Waals surface area contributed by atoms with Crippen LogP contribution in [0.2, 0.25) is 0 Å². The van der Waals surface area contributed by atoms with Gasteiger partial charge in [0.25, 0.3) is 0 Å². The number of nitrogens with two attached hydrogens (primary N) is 1. The van der Waals surface area contributed by atoms with Crippen LogP contribution in [-0.2, 0) is 16.0 Å². The second-order valence-electron chi connectivity index (χ2n) is 5.31. The van der Waals surface area contributed by atoms with Crippen LogP contribution in [0, 0.1) is 0 Å². The molecule has 0 radical (unpaired) electrons. The number of rotatable bonds is 6. The Kier molecular flexibility index (Phi) is 4.74. The van der Waals surface area contributed by atoms with Gasteiger partial charge in [0, 0.05) is 6.04 Å². The van der Waals surface area contributed by atoms with Crippen LogP contribution in [-0.4, -0.2) is 29.9 Å². The van der Waals surface area contributed by atoms with Crippen LogP contribution in [0.1, 0.15) is 25.3 Å². The smallest absolute Gasteiger partial charge is 0.242 e. The van der Waals surface area contributed by atoms with E-state index in [0.29, 0.717) is 12.5 Å². The summed E-state index contributed by atoms with van der Waals surface area (Å²) >= 11 is 0. The molecule has 0 saturated heterocycles. The molecule has 0 spiro atoms. The van der Waals surface area contributed by atoms with E-state index >= 15 is 0 Å². The quantitative estimate of drug-likeness (QED) is 0.700. The van der Waals surface area contributed by atoms with Gasteiger partial charge in [0.2, 0.25) is 11.8 Å². The fourth-order valence-electron chi connectivity index (χ4n) is 1.90. The third-order valence-electron chi connectivity index (χ3n) is 3.31. The van der Waals surface area contributed by atoms with Crippen molar-refractivity contribution < 1.29 is 9.59 Å². The predicted molar refractivity (Wildman–Crippen MR) is 76.9 cm³/mol. The van der Waals surface area contributed by atoms with E-state index in [4.69, 9.17) is 5.73 Å². The largest absolute Gasteiger partial charge is 0.352 e. The summed E-state index contributed by atoms with van der Waals surface area (Å²) in [6.45, 7) is 1.67. The zero-order valence-corrected chi connectivity index (χ0v) is 11.6. The lowest BCUT2D eigenvalue weighted by molar-refractivity contribution is -0.129. The molecule has 1 fully saturated rings. The molecule has 5 heteroatoms. The molecule has 1 aliphatic rings. The molecule has 4 N–H and O–H groups in total. The van der Waals surface area contributed by atoms with E-state index in [1.165, 1.54) is 0 Å². The standard InChI is InChI=1S/C15H21N3O2/c1-10(14(19)18-12-7-8-12)17-15(20)13(16)9-11-5-3-2-4-6-11/h2-6,10,12-13H,7-9,16H2,1H3,(H,17,20)(H,18,19)/t10?,13-/m0/s1. The Hall–Kier alpha value is -1.88. The van der Waals surface area contributed by atoms with Gasteiger partial charge in [-0.1, -0.05) is 30.3 Å². The Morgan fingerprint density at radius 1 is 1.25 bits per heavy atom. The molecular weight excluding hydrogens is 254 g/mol. The summed E-state index contributed by atoms with van der Waals surface area (Å²) in [6, 6.07) is 8.68. The van der Waals surface area contributed by atoms with E-state index in [-0.39, 0.29) is 11.8 Å². The molecule has 5 nitrogen and oxygen atoms in total. The minimum atomic E-state index is -0.645. The van der Waals surface area contributed by atoms with Crippen molar-refractivity contribution in [3.8, 4) is 0 Å². The van der Waals surface area contributed by atoms with E-state index in [2.05, 4.69) is 10.6 Å². The maximum Gasteiger partial charge on any atom is 0.242 e. The van der Waals surface area contributed by atoms with E-state index in [1.807, 2.05) is 30.3 Å². The number of hydrogen-bond acceptors (Lipinski definition) is 3. The number of amides is 2. The lowest BCUT2D eigenvalue weighted by atomic mass is 10.1. The van der Waals surface area contributed by atoms with Crippen molar-refractivity contribution in [3.63, 3.8) is 0 Å². The monoisotopic (exact) mass is 275 g/mol. The molecule has 2 amide bonds. The normalized spacial score (nSPS) is 17.1. The number of carbonyl (C=O) groups excluding carboxylic acids is 2. The molecule has 0 aromatic heterocycles. The van der Waals surface area contributed by atoms with Crippen LogP contribution < -0.4 is 16.4 Å². The third-order valence-corrected chi connectivity index (χ3v) is 3.31. The Morgan fingerprint density at radius 2 is 1.90 bits per heavy atom. The highest BCUT2D eigenvalue weighted by Gasteiger charge is 2.27. The second-order valence-corrected chi connectivity index (χ2v) is 5.31.